The number of carbonyl (C=O) groups excluding carboxylic acids is 2. The Balaban J connectivity index is 1.85. The molecule has 4 unspecified atom stereocenters. The summed E-state index contributed by atoms with van der Waals surface area (Å²) in [5, 5.41) is 24.4. The van der Waals surface area contributed by atoms with Crippen LogP contribution >= 0.6 is 11.3 Å². The number of carbonyl (C=O) groups is 3. The number of aryl methyl sites for hydroxylation is 2. The van der Waals surface area contributed by atoms with Gasteiger partial charge in [0.25, 0.3) is 11.6 Å². The van der Waals surface area contributed by atoms with Crippen LogP contribution in [0.4, 0.5) is 5.69 Å². The number of nitro benzene ring substituents is 1. The molecule has 0 aliphatic carbocycles. The number of non-ortho nitro benzene ring substituents is 1. The van der Waals surface area contributed by atoms with Crippen molar-refractivity contribution in [3.05, 3.63) is 121 Å². The molecular weight excluding hydrogens is 532 g/mol. The summed E-state index contributed by atoms with van der Waals surface area (Å²) in [5.41, 5.74) is -0.849. The van der Waals surface area contributed by atoms with E-state index in [-0.39, 0.29) is 22.6 Å². The molecule has 9 nitrogen and oxygen atoms in total. The fourth-order valence-corrected chi connectivity index (χ4v) is 6.95. The Bertz CT molecular complexity index is 1630. The van der Waals surface area contributed by atoms with Crippen LogP contribution in [0.25, 0.3) is 0 Å². The predicted molar refractivity (Wildman–Crippen MR) is 148 cm³/mol. The number of furan rings is 1. The molecule has 204 valence electrons. The molecule has 2 aromatic heterocycles. The second-order valence-corrected chi connectivity index (χ2v) is 11.0. The maximum atomic E-state index is 14.3. The van der Waals surface area contributed by atoms with Gasteiger partial charge in [0.05, 0.1) is 16.9 Å². The highest BCUT2D eigenvalue weighted by Gasteiger charge is 2.66. The first-order chi connectivity index (χ1) is 19.1. The van der Waals surface area contributed by atoms with Crippen LogP contribution < -0.4 is 0 Å². The Morgan fingerprint density at radius 2 is 1.75 bits per heavy atom. The van der Waals surface area contributed by atoms with Crippen molar-refractivity contribution in [2.45, 2.75) is 38.3 Å². The number of hydrogen-bond donors (Lipinski definition) is 1. The van der Waals surface area contributed by atoms with Gasteiger partial charge in [-0.15, -0.1) is 11.3 Å². The fraction of sp³-hybridized carbons (Fsp3) is 0.233. The van der Waals surface area contributed by atoms with E-state index in [9.17, 15) is 29.6 Å². The van der Waals surface area contributed by atoms with Gasteiger partial charge >= 0.3 is 5.97 Å². The third-order valence-electron chi connectivity index (χ3n) is 7.65. The maximum Gasteiger partial charge on any atom is 0.330 e. The Kier molecular flexibility index (Phi) is 6.89. The second kappa shape index (κ2) is 10.2. The van der Waals surface area contributed by atoms with E-state index in [2.05, 4.69) is 0 Å². The average Bonchev–Trinajstić information content (AvgIpc) is 3.64. The molecule has 1 aliphatic heterocycles. The van der Waals surface area contributed by atoms with Crippen molar-refractivity contribution in [2.75, 3.05) is 0 Å². The van der Waals surface area contributed by atoms with E-state index in [0.29, 0.717) is 10.6 Å². The zero-order valence-electron chi connectivity index (χ0n) is 21.9. The Hall–Kier alpha value is -4.57. The van der Waals surface area contributed by atoms with Crippen LogP contribution in [0, 0.1) is 29.9 Å². The molecule has 1 aliphatic rings. The van der Waals surface area contributed by atoms with Gasteiger partial charge in [0.1, 0.15) is 11.3 Å². The summed E-state index contributed by atoms with van der Waals surface area (Å²) in [4.78, 5) is 55.0. The number of carboxylic acid groups (broad SMARTS) is 1. The molecule has 1 N–H and O–H groups in total. The van der Waals surface area contributed by atoms with Crippen molar-refractivity contribution < 1.29 is 28.8 Å². The SMILES string of the molecule is Cc1ccc(C(=O)C2C(c3cccc([N+](=O)[O-])c3)N(C(=O)c3ccccc3)C(C)(C(=O)O)C2c2sccc2C)o1. The number of nitrogens with zero attached hydrogens (tertiary/aromatic N) is 2. The van der Waals surface area contributed by atoms with Gasteiger partial charge in [0.2, 0.25) is 5.78 Å². The summed E-state index contributed by atoms with van der Waals surface area (Å²) in [7, 11) is 0. The number of rotatable bonds is 7. The molecule has 4 aromatic rings. The summed E-state index contributed by atoms with van der Waals surface area (Å²) >= 11 is 1.31. The molecule has 0 radical (unpaired) electrons. The Labute approximate surface area is 233 Å². The van der Waals surface area contributed by atoms with Crippen molar-refractivity contribution >= 4 is 34.7 Å². The number of thiophene rings is 1. The van der Waals surface area contributed by atoms with Crippen LogP contribution in [-0.2, 0) is 4.79 Å². The molecule has 10 heteroatoms. The maximum absolute atomic E-state index is 14.3. The highest BCUT2D eigenvalue weighted by Crippen LogP contribution is 2.58. The van der Waals surface area contributed by atoms with E-state index >= 15 is 0 Å². The van der Waals surface area contributed by atoms with E-state index in [0.717, 1.165) is 5.56 Å². The zero-order chi connectivity index (χ0) is 28.8. The number of Topliss-reactive ketones (excluding diaryl/α,β-unsaturated/α-hetero) is 1. The molecule has 5 rings (SSSR count). The third kappa shape index (κ3) is 4.30. The van der Waals surface area contributed by atoms with Gasteiger partial charge in [-0.3, -0.25) is 19.7 Å². The largest absolute Gasteiger partial charge is 0.479 e. The van der Waals surface area contributed by atoms with Gasteiger partial charge in [-0.2, -0.15) is 0 Å². The van der Waals surface area contributed by atoms with Crippen LogP contribution in [0.1, 0.15) is 61.6 Å². The zero-order valence-corrected chi connectivity index (χ0v) is 22.8. The summed E-state index contributed by atoms with van der Waals surface area (Å²) in [6.45, 7) is 4.97. The first-order valence-electron chi connectivity index (χ1n) is 12.6. The van der Waals surface area contributed by atoms with Crippen molar-refractivity contribution in [1.29, 1.82) is 0 Å². The molecule has 0 spiro atoms. The van der Waals surface area contributed by atoms with E-state index in [1.807, 2.05) is 18.4 Å². The number of likely N-dealkylation sites (tertiary alicyclic amines) is 1. The minimum atomic E-state index is -1.90. The molecule has 1 saturated heterocycles. The van der Waals surface area contributed by atoms with Crippen LogP contribution in [-0.4, -0.2) is 38.1 Å². The Morgan fingerprint density at radius 3 is 2.33 bits per heavy atom. The molecule has 2 aromatic carbocycles. The minimum Gasteiger partial charge on any atom is -0.479 e. The quantitative estimate of drug-likeness (QED) is 0.163. The van der Waals surface area contributed by atoms with Crippen molar-refractivity contribution in [3.63, 3.8) is 0 Å². The van der Waals surface area contributed by atoms with E-state index in [4.69, 9.17) is 4.42 Å². The van der Waals surface area contributed by atoms with Crippen molar-refractivity contribution in [3.8, 4) is 0 Å². The molecule has 3 heterocycles. The molecule has 4 atom stereocenters. The summed E-state index contributed by atoms with van der Waals surface area (Å²) in [6.07, 6.45) is 0. The molecule has 1 fully saturated rings. The predicted octanol–water partition coefficient (Wildman–Crippen LogP) is 6.19. The highest BCUT2D eigenvalue weighted by molar-refractivity contribution is 7.10. The first kappa shape index (κ1) is 27.0. The molecule has 1 amide bonds. The van der Waals surface area contributed by atoms with Gasteiger partial charge in [-0.1, -0.05) is 30.3 Å². The Morgan fingerprint density at radius 1 is 1.02 bits per heavy atom. The van der Waals surface area contributed by atoms with Gasteiger partial charge in [-0.25, -0.2) is 4.79 Å². The lowest BCUT2D eigenvalue weighted by molar-refractivity contribution is -0.385. The minimum absolute atomic E-state index is 0.0267. The van der Waals surface area contributed by atoms with Crippen LogP contribution in [0.2, 0.25) is 0 Å². The molecule has 0 bridgehead atoms. The first-order valence-corrected chi connectivity index (χ1v) is 13.4. The average molecular weight is 559 g/mol. The van der Waals surface area contributed by atoms with Gasteiger partial charge in [0.15, 0.2) is 5.76 Å². The van der Waals surface area contributed by atoms with Gasteiger partial charge < -0.3 is 14.4 Å². The lowest BCUT2D eigenvalue weighted by atomic mass is 9.74. The number of aliphatic carboxylic acids is 1. The second-order valence-electron chi connectivity index (χ2n) is 10.0. The molecular formula is C30H26N2O7S. The van der Waals surface area contributed by atoms with Gasteiger partial charge in [0, 0.05) is 28.5 Å². The van der Waals surface area contributed by atoms with Crippen LogP contribution in [0.5, 0.6) is 0 Å². The number of ketones is 1. The lowest BCUT2D eigenvalue weighted by Crippen LogP contribution is -2.54. The van der Waals surface area contributed by atoms with Crippen LogP contribution in [0.3, 0.4) is 0 Å². The summed E-state index contributed by atoms with van der Waals surface area (Å²) in [6, 6.07) is 17.7. The van der Waals surface area contributed by atoms with Gasteiger partial charge in [-0.05, 0) is 67.6 Å². The number of benzene rings is 2. The summed E-state index contributed by atoms with van der Waals surface area (Å²) in [5.74, 6) is -3.98. The normalized spacial score (nSPS) is 22.3. The van der Waals surface area contributed by atoms with E-state index in [1.54, 1.807) is 49.4 Å². The monoisotopic (exact) mass is 558 g/mol. The number of hydrogen-bond acceptors (Lipinski definition) is 7. The summed E-state index contributed by atoms with van der Waals surface area (Å²) < 4.78 is 5.70. The smallest absolute Gasteiger partial charge is 0.330 e. The standard InChI is InChI=1S/C30H26N2O7S/c1-17-14-15-40-27(17)24-23(26(33)22-13-12-18(2)39-22)25(20-10-7-11-21(16-20)32(37)38)31(30(24,3)29(35)36)28(34)19-8-5-4-6-9-19/h4-16,23-25H,1-3H3,(H,35,36). The van der Waals surface area contributed by atoms with Crippen molar-refractivity contribution in [2.24, 2.45) is 5.92 Å². The van der Waals surface area contributed by atoms with Crippen LogP contribution in [0.15, 0.2) is 82.6 Å². The lowest BCUT2D eigenvalue weighted by Gasteiger charge is -2.37. The van der Waals surface area contributed by atoms with E-state index in [1.165, 1.54) is 47.4 Å². The molecule has 40 heavy (non-hydrogen) atoms. The number of carboxylic acids is 1. The topological polar surface area (TPSA) is 131 Å². The fourth-order valence-electron chi connectivity index (χ4n) is 5.75. The third-order valence-corrected chi connectivity index (χ3v) is 8.75. The van der Waals surface area contributed by atoms with Crippen molar-refractivity contribution in [1.82, 2.24) is 4.90 Å². The number of amides is 1. The highest BCUT2D eigenvalue weighted by atomic mass is 32.1. The number of nitro groups is 1. The molecule has 0 saturated carbocycles. The van der Waals surface area contributed by atoms with E-state index < -0.39 is 46.0 Å².